The zero-order valence-electron chi connectivity index (χ0n) is 13.2. The van der Waals surface area contributed by atoms with Crippen molar-refractivity contribution in [3.05, 3.63) is 55.0 Å². The molecule has 0 aliphatic rings. The quantitative estimate of drug-likeness (QED) is 0.632. The Morgan fingerprint density at radius 1 is 1.38 bits per heavy atom. The van der Waals surface area contributed by atoms with Crippen LogP contribution in [-0.4, -0.2) is 26.9 Å². The Morgan fingerprint density at radius 3 is 2.58 bits per heavy atom. The van der Waals surface area contributed by atoms with Gasteiger partial charge in [0.15, 0.2) is 0 Å². The fraction of sp³-hybridized carbons (Fsp3) is 0.267. The lowest BCUT2D eigenvalue weighted by atomic mass is 10.1. The number of thiazole rings is 1. The highest BCUT2D eigenvalue weighted by Crippen LogP contribution is 2.26. The van der Waals surface area contributed by atoms with Crippen molar-refractivity contribution in [2.45, 2.75) is 26.8 Å². The van der Waals surface area contributed by atoms with Gasteiger partial charge in [-0.1, -0.05) is 12.1 Å². The second-order valence-corrected chi connectivity index (χ2v) is 6.22. The number of carboxylic acid groups (broad SMARTS) is 1. The van der Waals surface area contributed by atoms with E-state index in [1.165, 1.54) is 12.1 Å². The van der Waals surface area contributed by atoms with Crippen LogP contribution in [0.5, 0.6) is 0 Å². The molecule has 1 atom stereocenters. The third kappa shape index (κ3) is 3.40. The van der Waals surface area contributed by atoms with Crippen LogP contribution in [0.1, 0.15) is 49.3 Å². The van der Waals surface area contributed by atoms with Crippen LogP contribution in [0.15, 0.2) is 18.2 Å². The Morgan fingerprint density at radius 2 is 2.04 bits per heavy atom. The van der Waals surface area contributed by atoms with Gasteiger partial charge in [-0.2, -0.15) is 0 Å². The van der Waals surface area contributed by atoms with Gasteiger partial charge in [0, 0.05) is 6.07 Å². The van der Waals surface area contributed by atoms with Crippen LogP contribution in [0, 0.1) is 24.0 Å². The smallest absolute Gasteiger partial charge is 0.347 e. The summed E-state index contributed by atoms with van der Waals surface area (Å²) in [5, 5.41) is 23.2. The van der Waals surface area contributed by atoms with Crippen molar-refractivity contribution in [2.24, 2.45) is 0 Å². The molecule has 1 aromatic heterocycles. The fourth-order valence-electron chi connectivity index (χ4n) is 2.23. The second-order valence-electron chi connectivity index (χ2n) is 5.19. The number of benzene rings is 1. The lowest BCUT2D eigenvalue weighted by molar-refractivity contribution is -0.385. The number of hydrogen-bond donors (Lipinski definition) is 2. The molecule has 2 N–H and O–H groups in total. The van der Waals surface area contributed by atoms with Crippen molar-refractivity contribution in [1.82, 2.24) is 10.3 Å². The van der Waals surface area contributed by atoms with Gasteiger partial charge in [-0.3, -0.25) is 14.9 Å². The van der Waals surface area contributed by atoms with E-state index in [9.17, 15) is 19.7 Å². The minimum absolute atomic E-state index is 0.0129. The van der Waals surface area contributed by atoms with Crippen molar-refractivity contribution in [3.8, 4) is 0 Å². The first-order valence-corrected chi connectivity index (χ1v) is 7.79. The van der Waals surface area contributed by atoms with E-state index in [2.05, 4.69) is 10.3 Å². The number of nitrogens with zero attached hydrogens (tertiary/aromatic N) is 2. The van der Waals surface area contributed by atoms with Crippen molar-refractivity contribution in [3.63, 3.8) is 0 Å². The standard InChI is InChI=1S/C15H15N3O5S/c1-7-5-4-6-10(18(22)23)11(7)13(19)16-9(3)14-17-8(2)12(24-14)15(20)21/h4-6,9H,1-3H3,(H,16,19)(H,20,21). The summed E-state index contributed by atoms with van der Waals surface area (Å²) in [6, 6.07) is 3.82. The van der Waals surface area contributed by atoms with Crippen LogP contribution >= 0.6 is 11.3 Å². The fourth-order valence-corrected chi connectivity index (χ4v) is 3.14. The van der Waals surface area contributed by atoms with Gasteiger partial charge in [0.2, 0.25) is 0 Å². The summed E-state index contributed by atoms with van der Waals surface area (Å²) in [6.07, 6.45) is 0. The third-order valence-corrected chi connectivity index (χ3v) is 4.73. The topological polar surface area (TPSA) is 122 Å². The van der Waals surface area contributed by atoms with E-state index in [4.69, 9.17) is 5.11 Å². The number of aromatic nitrogens is 1. The molecule has 126 valence electrons. The van der Waals surface area contributed by atoms with E-state index in [-0.39, 0.29) is 16.1 Å². The number of carbonyl (C=O) groups excluding carboxylic acids is 1. The van der Waals surface area contributed by atoms with Crippen molar-refractivity contribution < 1.29 is 19.6 Å². The zero-order valence-corrected chi connectivity index (χ0v) is 14.0. The van der Waals surface area contributed by atoms with Gasteiger partial charge in [-0.15, -0.1) is 11.3 Å². The van der Waals surface area contributed by atoms with Crippen LogP contribution in [0.2, 0.25) is 0 Å². The van der Waals surface area contributed by atoms with Crippen LogP contribution < -0.4 is 5.32 Å². The Hall–Kier alpha value is -2.81. The van der Waals surface area contributed by atoms with Crippen molar-refractivity contribution in [1.29, 1.82) is 0 Å². The molecule has 1 unspecified atom stereocenters. The Labute approximate surface area is 141 Å². The monoisotopic (exact) mass is 349 g/mol. The molecule has 2 aromatic rings. The summed E-state index contributed by atoms with van der Waals surface area (Å²) in [5.74, 6) is -1.68. The molecular weight excluding hydrogens is 334 g/mol. The Balaban J connectivity index is 2.29. The Kier molecular flexibility index (Phi) is 4.93. The van der Waals surface area contributed by atoms with Gasteiger partial charge in [-0.05, 0) is 26.3 Å². The number of nitrogens with one attached hydrogen (secondary N) is 1. The zero-order chi connectivity index (χ0) is 18.0. The average molecular weight is 349 g/mol. The lowest BCUT2D eigenvalue weighted by Gasteiger charge is -2.12. The van der Waals surface area contributed by atoms with E-state index in [0.717, 1.165) is 11.3 Å². The highest BCUT2D eigenvalue weighted by Gasteiger charge is 2.25. The summed E-state index contributed by atoms with van der Waals surface area (Å²) in [5.41, 5.74) is 0.559. The molecule has 2 rings (SSSR count). The molecule has 0 saturated heterocycles. The summed E-state index contributed by atoms with van der Waals surface area (Å²) < 4.78 is 0. The Bertz CT molecular complexity index is 831. The van der Waals surface area contributed by atoms with Crippen LogP contribution in [0.25, 0.3) is 0 Å². The highest BCUT2D eigenvalue weighted by molar-refractivity contribution is 7.13. The van der Waals surface area contributed by atoms with Crippen LogP contribution in [0.4, 0.5) is 5.69 Å². The second kappa shape index (κ2) is 6.75. The van der Waals surface area contributed by atoms with Gasteiger partial charge in [0.25, 0.3) is 11.6 Å². The normalized spacial score (nSPS) is 11.8. The summed E-state index contributed by atoms with van der Waals surface area (Å²) in [7, 11) is 0. The summed E-state index contributed by atoms with van der Waals surface area (Å²) in [4.78, 5) is 38.3. The number of rotatable bonds is 5. The molecule has 0 fully saturated rings. The molecule has 24 heavy (non-hydrogen) atoms. The molecule has 0 aliphatic heterocycles. The molecule has 1 heterocycles. The SMILES string of the molecule is Cc1cccc([N+](=O)[O-])c1C(=O)NC(C)c1nc(C)c(C(=O)O)s1. The van der Waals surface area contributed by atoms with Crippen molar-refractivity contribution in [2.75, 3.05) is 0 Å². The first-order valence-electron chi connectivity index (χ1n) is 6.97. The van der Waals surface area contributed by atoms with E-state index < -0.39 is 22.8 Å². The molecule has 9 heteroatoms. The third-order valence-electron chi connectivity index (χ3n) is 3.40. The number of hydrogen-bond acceptors (Lipinski definition) is 6. The number of aryl methyl sites for hydroxylation is 2. The number of carbonyl (C=O) groups is 2. The predicted octanol–water partition coefficient (Wildman–Crippen LogP) is 2.86. The van der Waals surface area contributed by atoms with E-state index in [1.807, 2.05) is 0 Å². The van der Waals surface area contributed by atoms with Gasteiger partial charge in [0.05, 0.1) is 16.7 Å². The summed E-state index contributed by atoms with van der Waals surface area (Å²) in [6.45, 7) is 4.83. The predicted molar refractivity (Wildman–Crippen MR) is 87.5 cm³/mol. The maximum Gasteiger partial charge on any atom is 0.347 e. The maximum absolute atomic E-state index is 12.4. The summed E-state index contributed by atoms with van der Waals surface area (Å²) >= 11 is 0.968. The van der Waals surface area contributed by atoms with Gasteiger partial charge < -0.3 is 10.4 Å². The molecule has 0 aliphatic carbocycles. The van der Waals surface area contributed by atoms with Gasteiger partial charge in [-0.25, -0.2) is 9.78 Å². The van der Waals surface area contributed by atoms with Gasteiger partial charge >= 0.3 is 5.97 Å². The maximum atomic E-state index is 12.4. The molecule has 8 nitrogen and oxygen atoms in total. The number of nitro groups is 1. The highest BCUT2D eigenvalue weighted by atomic mass is 32.1. The van der Waals surface area contributed by atoms with E-state index in [1.54, 1.807) is 26.8 Å². The minimum atomic E-state index is -1.08. The molecule has 0 radical (unpaired) electrons. The molecule has 0 spiro atoms. The van der Waals surface area contributed by atoms with Gasteiger partial charge in [0.1, 0.15) is 15.4 Å². The van der Waals surface area contributed by atoms with Crippen molar-refractivity contribution >= 4 is 28.9 Å². The average Bonchev–Trinajstić information content (AvgIpc) is 2.89. The largest absolute Gasteiger partial charge is 0.477 e. The molecule has 0 bridgehead atoms. The number of nitro benzene ring substituents is 1. The molecule has 1 amide bonds. The number of aromatic carboxylic acids is 1. The van der Waals surface area contributed by atoms with Crippen LogP contribution in [-0.2, 0) is 0 Å². The molecule has 0 saturated carbocycles. The first-order chi connectivity index (χ1) is 11.2. The first kappa shape index (κ1) is 17.5. The van der Waals surface area contributed by atoms with Crippen LogP contribution in [0.3, 0.4) is 0 Å². The number of carboxylic acids is 1. The van der Waals surface area contributed by atoms with E-state index >= 15 is 0 Å². The molecule has 1 aromatic carbocycles. The minimum Gasteiger partial charge on any atom is -0.477 e. The number of amides is 1. The van der Waals surface area contributed by atoms with E-state index in [0.29, 0.717) is 16.3 Å². The lowest BCUT2D eigenvalue weighted by Crippen LogP contribution is -2.28. The molecular formula is C15H15N3O5S.